The minimum absolute atomic E-state index is 0.0649. The van der Waals surface area contributed by atoms with Crippen molar-refractivity contribution in [3.8, 4) is 17.4 Å². The molecule has 4 nitrogen and oxygen atoms in total. The van der Waals surface area contributed by atoms with Crippen molar-refractivity contribution in [1.29, 1.82) is 0 Å². The number of hydrogen-bond acceptors (Lipinski definition) is 3. The minimum atomic E-state index is 0.0649. The lowest BCUT2D eigenvalue weighted by atomic mass is 10.2. The van der Waals surface area contributed by atoms with Gasteiger partial charge in [0.25, 0.3) is 0 Å². The maximum absolute atomic E-state index is 10.1. The highest BCUT2D eigenvalue weighted by Crippen LogP contribution is 2.29. The number of halogens is 1. The van der Waals surface area contributed by atoms with Gasteiger partial charge in [0.1, 0.15) is 11.5 Å². The van der Waals surface area contributed by atoms with Gasteiger partial charge in [0.2, 0.25) is 0 Å². The topological polar surface area (TPSA) is 57.6 Å². The number of nitrogens with zero attached hydrogens (tertiary/aromatic N) is 1. The second-order valence-electron chi connectivity index (χ2n) is 5.74. The molecule has 5 heteroatoms. The van der Waals surface area contributed by atoms with E-state index in [0.29, 0.717) is 10.6 Å². The highest BCUT2D eigenvalue weighted by molar-refractivity contribution is 6.31. The Hall–Kier alpha value is -3.24. The van der Waals surface area contributed by atoms with E-state index in [1.807, 2.05) is 60.7 Å². The summed E-state index contributed by atoms with van der Waals surface area (Å²) in [6.07, 6.45) is 1.63. The highest BCUT2D eigenvalue weighted by atomic mass is 35.5. The SMILES string of the molecule is Oc1[nH]c2cc(Cl)ccc2c1C=Nc1ccc(Oc2ccccc2)cc1. The molecule has 0 saturated carbocycles. The van der Waals surface area contributed by atoms with Crippen molar-refractivity contribution >= 4 is 34.4 Å². The molecule has 0 saturated heterocycles. The van der Waals surface area contributed by atoms with E-state index in [1.54, 1.807) is 18.3 Å². The third-order valence-corrected chi connectivity index (χ3v) is 4.17. The molecule has 4 aromatic rings. The Kier molecular flexibility index (Phi) is 4.33. The van der Waals surface area contributed by atoms with Gasteiger partial charge in [0.05, 0.1) is 16.8 Å². The van der Waals surface area contributed by atoms with Crippen molar-refractivity contribution in [1.82, 2.24) is 4.98 Å². The van der Waals surface area contributed by atoms with E-state index in [1.165, 1.54) is 0 Å². The summed E-state index contributed by atoms with van der Waals surface area (Å²) in [7, 11) is 0. The predicted octanol–water partition coefficient (Wildman–Crippen LogP) is 6.07. The molecule has 1 heterocycles. The Balaban J connectivity index is 1.55. The predicted molar refractivity (Wildman–Crippen MR) is 105 cm³/mol. The molecule has 1 aromatic heterocycles. The molecule has 0 aliphatic rings. The van der Waals surface area contributed by atoms with E-state index in [9.17, 15) is 5.11 Å². The number of para-hydroxylation sites is 1. The number of aromatic nitrogens is 1. The van der Waals surface area contributed by atoms with Crippen LogP contribution in [-0.2, 0) is 0 Å². The van der Waals surface area contributed by atoms with E-state index < -0.39 is 0 Å². The lowest BCUT2D eigenvalue weighted by Crippen LogP contribution is -1.83. The van der Waals surface area contributed by atoms with Gasteiger partial charge in [-0.15, -0.1) is 0 Å². The molecular formula is C21H15ClN2O2. The van der Waals surface area contributed by atoms with Gasteiger partial charge in [-0.1, -0.05) is 35.9 Å². The fourth-order valence-electron chi connectivity index (χ4n) is 2.67. The average molecular weight is 363 g/mol. The van der Waals surface area contributed by atoms with Crippen LogP contribution in [0.4, 0.5) is 5.69 Å². The fraction of sp³-hybridized carbons (Fsp3) is 0. The summed E-state index contributed by atoms with van der Waals surface area (Å²) in [6.45, 7) is 0. The first kappa shape index (κ1) is 16.2. The molecule has 3 aromatic carbocycles. The minimum Gasteiger partial charge on any atom is -0.494 e. The number of aliphatic imine (C=N–C) groups is 1. The van der Waals surface area contributed by atoms with Crippen LogP contribution in [0.2, 0.25) is 5.02 Å². The molecule has 2 N–H and O–H groups in total. The lowest BCUT2D eigenvalue weighted by molar-refractivity contribution is 0.457. The maximum atomic E-state index is 10.1. The first-order valence-corrected chi connectivity index (χ1v) is 8.44. The third kappa shape index (κ3) is 3.41. The van der Waals surface area contributed by atoms with E-state index in [0.717, 1.165) is 28.1 Å². The molecule has 0 spiro atoms. The summed E-state index contributed by atoms with van der Waals surface area (Å²) < 4.78 is 5.76. The van der Waals surface area contributed by atoms with Crippen molar-refractivity contribution in [3.63, 3.8) is 0 Å². The quantitative estimate of drug-likeness (QED) is 0.433. The zero-order valence-corrected chi connectivity index (χ0v) is 14.4. The third-order valence-electron chi connectivity index (χ3n) is 3.94. The molecule has 0 amide bonds. The Morgan fingerprint density at radius 2 is 1.65 bits per heavy atom. The molecule has 26 heavy (non-hydrogen) atoms. The number of fused-ring (bicyclic) bond motifs is 1. The molecule has 128 valence electrons. The van der Waals surface area contributed by atoms with Crippen molar-refractivity contribution in [3.05, 3.63) is 83.4 Å². The van der Waals surface area contributed by atoms with E-state index in [-0.39, 0.29) is 5.88 Å². The Bertz CT molecular complexity index is 1070. The van der Waals surface area contributed by atoms with Crippen molar-refractivity contribution in [2.24, 2.45) is 4.99 Å². The smallest absolute Gasteiger partial charge is 0.198 e. The van der Waals surface area contributed by atoms with Gasteiger partial charge in [-0.3, -0.25) is 4.99 Å². The largest absolute Gasteiger partial charge is 0.494 e. The van der Waals surface area contributed by atoms with Crippen LogP contribution >= 0.6 is 11.6 Å². The van der Waals surface area contributed by atoms with Crippen LogP contribution in [0.5, 0.6) is 17.4 Å². The Labute approximate surface area is 155 Å². The summed E-state index contributed by atoms with van der Waals surface area (Å²) in [5, 5.41) is 11.6. The monoisotopic (exact) mass is 362 g/mol. The summed E-state index contributed by atoms with van der Waals surface area (Å²) in [6, 6.07) is 22.4. The second-order valence-corrected chi connectivity index (χ2v) is 6.18. The first-order valence-electron chi connectivity index (χ1n) is 8.06. The Morgan fingerprint density at radius 3 is 2.42 bits per heavy atom. The summed E-state index contributed by atoms with van der Waals surface area (Å²) in [5.74, 6) is 1.58. The number of rotatable bonds is 4. The fourth-order valence-corrected chi connectivity index (χ4v) is 2.84. The molecule has 0 atom stereocenters. The van der Waals surface area contributed by atoms with Crippen LogP contribution in [0.1, 0.15) is 5.56 Å². The normalized spacial score (nSPS) is 11.3. The zero-order valence-electron chi connectivity index (χ0n) is 13.7. The van der Waals surface area contributed by atoms with Gasteiger partial charge < -0.3 is 14.8 Å². The summed E-state index contributed by atoms with van der Waals surface area (Å²) in [5.41, 5.74) is 2.15. The number of benzene rings is 3. The number of H-pyrrole nitrogens is 1. The molecule has 0 radical (unpaired) electrons. The number of hydrogen-bond donors (Lipinski definition) is 2. The number of aromatic amines is 1. The van der Waals surface area contributed by atoms with Crippen LogP contribution in [0, 0.1) is 0 Å². The van der Waals surface area contributed by atoms with Crippen LogP contribution in [0.3, 0.4) is 0 Å². The van der Waals surface area contributed by atoms with Crippen LogP contribution in [0.15, 0.2) is 77.8 Å². The number of nitrogens with one attached hydrogen (secondary N) is 1. The van der Waals surface area contributed by atoms with E-state index >= 15 is 0 Å². The molecule has 0 unspecified atom stereocenters. The lowest BCUT2D eigenvalue weighted by Gasteiger charge is -2.05. The zero-order chi connectivity index (χ0) is 17.9. The molecule has 0 fully saturated rings. The van der Waals surface area contributed by atoms with Crippen LogP contribution < -0.4 is 4.74 Å². The molecule has 4 rings (SSSR count). The highest BCUT2D eigenvalue weighted by Gasteiger charge is 2.09. The molecular weight excluding hydrogens is 348 g/mol. The van der Waals surface area contributed by atoms with Crippen molar-refractivity contribution in [2.45, 2.75) is 0 Å². The Morgan fingerprint density at radius 1 is 0.923 bits per heavy atom. The van der Waals surface area contributed by atoms with Gasteiger partial charge in [0, 0.05) is 16.6 Å². The molecule has 0 aliphatic heterocycles. The van der Waals surface area contributed by atoms with Gasteiger partial charge in [-0.25, -0.2) is 0 Å². The van der Waals surface area contributed by atoms with E-state index in [2.05, 4.69) is 9.98 Å². The summed E-state index contributed by atoms with van der Waals surface area (Å²) in [4.78, 5) is 7.34. The average Bonchev–Trinajstić information content (AvgIpc) is 2.96. The van der Waals surface area contributed by atoms with Crippen molar-refractivity contribution in [2.75, 3.05) is 0 Å². The molecule has 0 bridgehead atoms. The number of aromatic hydroxyl groups is 1. The van der Waals surface area contributed by atoms with Gasteiger partial charge in [-0.05, 0) is 48.5 Å². The van der Waals surface area contributed by atoms with Gasteiger partial charge in [-0.2, -0.15) is 0 Å². The number of ether oxygens (including phenoxy) is 1. The first-order chi connectivity index (χ1) is 12.7. The second kappa shape index (κ2) is 6.94. The standard InChI is InChI=1S/C21H15ClN2O2/c22-14-6-11-18-19(21(25)24-20(18)12-14)13-23-15-7-9-17(10-8-15)26-16-4-2-1-3-5-16/h1-13,24-25H. The van der Waals surface area contributed by atoms with Gasteiger partial charge >= 0.3 is 0 Å². The van der Waals surface area contributed by atoms with E-state index in [4.69, 9.17) is 16.3 Å². The van der Waals surface area contributed by atoms with Gasteiger partial charge in [0.15, 0.2) is 5.88 Å². The van der Waals surface area contributed by atoms with Crippen LogP contribution in [-0.4, -0.2) is 16.3 Å². The van der Waals surface area contributed by atoms with Crippen LogP contribution in [0.25, 0.3) is 10.9 Å². The van der Waals surface area contributed by atoms with Crippen molar-refractivity contribution < 1.29 is 9.84 Å². The summed E-state index contributed by atoms with van der Waals surface area (Å²) >= 11 is 5.98. The maximum Gasteiger partial charge on any atom is 0.198 e. The molecule has 0 aliphatic carbocycles.